The highest BCUT2D eigenvalue weighted by molar-refractivity contribution is 5.79. The number of rotatable bonds is 3. The fourth-order valence-electron chi connectivity index (χ4n) is 2.37. The number of aromatic amines is 2. The maximum Gasteiger partial charge on any atom is 0.384 e. The second-order valence-electron chi connectivity index (χ2n) is 5.31. The first-order chi connectivity index (χ1) is 11.7. The molecule has 4 rings (SSSR count). The van der Waals surface area contributed by atoms with Gasteiger partial charge in [-0.25, -0.2) is 14.9 Å². The number of nitrogens with one attached hydrogen (secondary N) is 2. The van der Waals surface area contributed by atoms with Gasteiger partial charge in [0.05, 0.1) is 22.4 Å². The first kappa shape index (κ1) is 14.1. The minimum atomic E-state index is -0.532. The smallest absolute Gasteiger partial charge is 0.338 e. The normalized spacial score (nSPS) is 11.5. The zero-order chi connectivity index (χ0) is 16.5. The lowest BCUT2D eigenvalue weighted by Crippen LogP contribution is -1.89. The summed E-state index contributed by atoms with van der Waals surface area (Å²) in [5.74, 6) is 0.793. The van der Waals surface area contributed by atoms with Gasteiger partial charge in [-0.05, 0) is 43.3 Å². The zero-order valence-corrected chi connectivity index (χ0v) is 12.8. The number of H-pyrrole nitrogens is 2. The monoisotopic (exact) mass is 319 g/mol. The van der Waals surface area contributed by atoms with E-state index >= 15 is 0 Å². The number of fused-ring (bicyclic) bond motifs is 1. The Morgan fingerprint density at radius 1 is 1.04 bits per heavy atom. The molecule has 7 nitrogen and oxygen atoms in total. The molecular weight excluding hydrogens is 306 g/mol. The first-order valence-electron chi connectivity index (χ1n) is 7.36. The number of azo groups is 1. The van der Waals surface area contributed by atoms with E-state index in [2.05, 4.69) is 29.9 Å². The van der Waals surface area contributed by atoms with E-state index in [0.717, 1.165) is 22.4 Å². The maximum atomic E-state index is 11.4. The van der Waals surface area contributed by atoms with Gasteiger partial charge in [0.1, 0.15) is 5.82 Å². The van der Waals surface area contributed by atoms with Crippen molar-refractivity contribution in [2.75, 3.05) is 0 Å². The van der Waals surface area contributed by atoms with Crippen molar-refractivity contribution in [3.05, 3.63) is 64.6 Å². The molecule has 24 heavy (non-hydrogen) atoms. The second kappa shape index (κ2) is 5.62. The molecule has 0 unspecified atom stereocenters. The van der Waals surface area contributed by atoms with E-state index in [9.17, 15) is 4.79 Å². The Kier molecular flexibility index (Phi) is 3.31. The largest absolute Gasteiger partial charge is 0.384 e. The van der Waals surface area contributed by atoms with Crippen LogP contribution in [0.1, 0.15) is 5.69 Å². The Morgan fingerprint density at radius 2 is 1.83 bits per heavy atom. The molecule has 2 heterocycles. The van der Waals surface area contributed by atoms with Crippen LogP contribution in [0.25, 0.3) is 22.4 Å². The van der Waals surface area contributed by atoms with Crippen LogP contribution in [0.3, 0.4) is 0 Å². The van der Waals surface area contributed by atoms with Crippen LogP contribution < -0.4 is 5.63 Å². The highest BCUT2D eigenvalue weighted by Gasteiger charge is 2.07. The van der Waals surface area contributed by atoms with Crippen LogP contribution in [-0.2, 0) is 0 Å². The summed E-state index contributed by atoms with van der Waals surface area (Å²) in [6.07, 6.45) is 0. The summed E-state index contributed by atoms with van der Waals surface area (Å²) in [5.41, 5.74) is 3.68. The van der Waals surface area contributed by atoms with Gasteiger partial charge in [-0.3, -0.25) is 0 Å². The molecule has 4 aromatic rings. The van der Waals surface area contributed by atoms with E-state index < -0.39 is 5.63 Å². The third kappa shape index (κ3) is 2.52. The van der Waals surface area contributed by atoms with Crippen LogP contribution in [0.4, 0.5) is 11.4 Å². The average molecular weight is 319 g/mol. The van der Waals surface area contributed by atoms with Crippen LogP contribution >= 0.6 is 0 Å². The van der Waals surface area contributed by atoms with Crippen molar-refractivity contribution in [2.45, 2.75) is 6.92 Å². The average Bonchev–Trinajstić information content (AvgIpc) is 3.17. The number of aromatic nitrogens is 3. The fraction of sp³-hybridized carbons (Fsp3) is 0.0588. The second-order valence-corrected chi connectivity index (χ2v) is 5.31. The predicted octanol–water partition coefficient (Wildman–Crippen LogP) is 4.24. The minimum absolute atomic E-state index is 0.177. The minimum Gasteiger partial charge on any atom is -0.338 e. The number of para-hydroxylation sites is 2. The van der Waals surface area contributed by atoms with E-state index in [4.69, 9.17) is 0 Å². The molecule has 0 aliphatic heterocycles. The van der Waals surface area contributed by atoms with Crippen LogP contribution in [0, 0.1) is 6.92 Å². The van der Waals surface area contributed by atoms with Crippen molar-refractivity contribution in [3.8, 4) is 11.4 Å². The fourth-order valence-corrected chi connectivity index (χ4v) is 2.37. The SMILES string of the molecule is Cc1[nH]oc(=O)c1N=Nc1ccc(-c2nc3ccccc3[nH]2)cc1. The molecule has 0 aliphatic rings. The summed E-state index contributed by atoms with van der Waals surface area (Å²) in [5, 5.41) is 10.5. The molecule has 0 amide bonds. The van der Waals surface area contributed by atoms with Gasteiger partial charge in [-0.2, -0.15) is 5.11 Å². The Morgan fingerprint density at radius 3 is 2.54 bits per heavy atom. The summed E-state index contributed by atoms with van der Waals surface area (Å²) in [7, 11) is 0. The summed E-state index contributed by atoms with van der Waals surface area (Å²) in [6.45, 7) is 1.70. The van der Waals surface area contributed by atoms with Crippen LogP contribution in [-0.4, -0.2) is 15.1 Å². The number of hydrogen-bond donors (Lipinski definition) is 2. The molecule has 7 heteroatoms. The van der Waals surface area contributed by atoms with Gasteiger partial charge in [0.15, 0.2) is 5.69 Å². The zero-order valence-electron chi connectivity index (χ0n) is 12.8. The molecule has 0 saturated heterocycles. The quantitative estimate of drug-likeness (QED) is 0.552. The lowest BCUT2D eigenvalue weighted by atomic mass is 10.2. The topological polar surface area (TPSA) is 99.4 Å². The number of imidazole rings is 1. The highest BCUT2D eigenvalue weighted by Crippen LogP contribution is 2.24. The summed E-state index contributed by atoms with van der Waals surface area (Å²) >= 11 is 0. The Balaban J connectivity index is 1.61. The maximum absolute atomic E-state index is 11.4. The standard InChI is InChI=1S/C17H13N5O2/c1-10-15(17(23)24-22-10)21-20-12-8-6-11(7-9-12)16-18-13-4-2-3-5-14(13)19-16/h2-9,22H,1H3,(H,18,19). The molecule has 118 valence electrons. The summed E-state index contributed by atoms with van der Waals surface area (Å²) < 4.78 is 4.64. The van der Waals surface area contributed by atoms with Crippen LogP contribution in [0.15, 0.2) is 68.1 Å². The van der Waals surface area contributed by atoms with Gasteiger partial charge in [-0.1, -0.05) is 12.1 Å². The van der Waals surface area contributed by atoms with Crippen molar-refractivity contribution in [1.82, 2.24) is 15.1 Å². The Labute approximate surface area is 136 Å². The predicted molar refractivity (Wildman–Crippen MR) is 89.8 cm³/mol. The van der Waals surface area contributed by atoms with Crippen LogP contribution in [0.2, 0.25) is 0 Å². The molecule has 0 atom stereocenters. The van der Waals surface area contributed by atoms with Gasteiger partial charge in [0.2, 0.25) is 0 Å². The number of aryl methyl sites for hydroxylation is 1. The Hall–Kier alpha value is -3.48. The third-order valence-corrected chi connectivity index (χ3v) is 3.64. The molecule has 0 saturated carbocycles. The van der Waals surface area contributed by atoms with E-state index in [-0.39, 0.29) is 5.69 Å². The van der Waals surface area contributed by atoms with Gasteiger partial charge in [0.25, 0.3) is 0 Å². The molecule has 0 radical (unpaired) electrons. The third-order valence-electron chi connectivity index (χ3n) is 3.64. The van der Waals surface area contributed by atoms with Gasteiger partial charge in [-0.15, -0.1) is 5.11 Å². The molecule has 0 spiro atoms. The highest BCUT2D eigenvalue weighted by atomic mass is 16.5. The molecule has 0 fully saturated rings. The number of benzene rings is 2. The molecule has 2 N–H and O–H groups in total. The first-order valence-corrected chi connectivity index (χ1v) is 7.36. The van der Waals surface area contributed by atoms with E-state index in [0.29, 0.717) is 11.4 Å². The number of hydrogen-bond acceptors (Lipinski definition) is 5. The van der Waals surface area contributed by atoms with Gasteiger partial charge in [0, 0.05) is 5.56 Å². The molecule has 0 bridgehead atoms. The molecule has 2 aromatic carbocycles. The number of nitrogens with zero attached hydrogens (tertiary/aromatic N) is 3. The van der Waals surface area contributed by atoms with Crippen LogP contribution in [0.5, 0.6) is 0 Å². The van der Waals surface area contributed by atoms with E-state index in [1.54, 1.807) is 6.92 Å². The summed E-state index contributed by atoms with van der Waals surface area (Å²) in [4.78, 5) is 19.3. The van der Waals surface area contributed by atoms with Crippen molar-refractivity contribution < 1.29 is 4.52 Å². The molecule has 2 aromatic heterocycles. The summed E-state index contributed by atoms with van der Waals surface area (Å²) in [6, 6.07) is 15.3. The Bertz CT molecular complexity index is 1050. The van der Waals surface area contributed by atoms with Crippen molar-refractivity contribution in [3.63, 3.8) is 0 Å². The van der Waals surface area contributed by atoms with Gasteiger partial charge < -0.3 is 9.51 Å². The molecular formula is C17H13N5O2. The van der Waals surface area contributed by atoms with E-state index in [1.807, 2.05) is 48.5 Å². The van der Waals surface area contributed by atoms with Crippen molar-refractivity contribution >= 4 is 22.4 Å². The van der Waals surface area contributed by atoms with Crippen molar-refractivity contribution in [1.29, 1.82) is 0 Å². The van der Waals surface area contributed by atoms with E-state index in [1.165, 1.54) is 0 Å². The lowest BCUT2D eigenvalue weighted by Gasteiger charge is -1.97. The molecule has 0 aliphatic carbocycles. The van der Waals surface area contributed by atoms with Gasteiger partial charge >= 0.3 is 5.63 Å². The van der Waals surface area contributed by atoms with Crippen molar-refractivity contribution in [2.24, 2.45) is 10.2 Å². The lowest BCUT2D eigenvalue weighted by molar-refractivity contribution is 0.388.